The number of aromatic nitrogens is 1. The predicted molar refractivity (Wildman–Crippen MR) is 82.4 cm³/mol. The topological polar surface area (TPSA) is 62.0 Å². The molecule has 1 heterocycles. The summed E-state index contributed by atoms with van der Waals surface area (Å²) in [5, 5.41) is 3.10. The summed E-state index contributed by atoms with van der Waals surface area (Å²) in [6, 6.07) is 11.5. The molecule has 110 valence electrons. The Hall–Kier alpha value is -2.95. The summed E-state index contributed by atoms with van der Waals surface area (Å²) in [4.78, 5) is 27.2. The summed E-state index contributed by atoms with van der Waals surface area (Å²) in [7, 11) is 0. The molecule has 0 aliphatic rings. The first-order valence-corrected chi connectivity index (χ1v) is 6.74. The second-order valence-corrected chi connectivity index (χ2v) is 5.00. The smallest absolute Gasteiger partial charge is 0.296 e. The van der Waals surface area contributed by atoms with Crippen LogP contribution in [0.1, 0.15) is 15.9 Å². The zero-order valence-electron chi connectivity index (χ0n) is 11.8. The number of aryl methyl sites for hydroxylation is 1. The van der Waals surface area contributed by atoms with Crippen LogP contribution in [0.5, 0.6) is 0 Å². The number of nitrogens with one attached hydrogen (secondary N) is 2. The monoisotopic (exact) mass is 296 g/mol. The van der Waals surface area contributed by atoms with Crippen molar-refractivity contribution in [3.05, 3.63) is 65.6 Å². The van der Waals surface area contributed by atoms with Crippen LogP contribution in [-0.2, 0) is 4.79 Å². The van der Waals surface area contributed by atoms with Gasteiger partial charge >= 0.3 is 0 Å². The Labute approximate surface area is 126 Å². The van der Waals surface area contributed by atoms with E-state index in [2.05, 4.69) is 10.3 Å². The molecule has 0 atom stereocenters. The number of hydrogen-bond acceptors (Lipinski definition) is 2. The van der Waals surface area contributed by atoms with Crippen molar-refractivity contribution in [3.63, 3.8) is 0 Å². The third kappa shape index (κ3) is 2.48. The van der Waals surface area contributed by atoms with Crippen LogP contribution in [0, 0.1) is 12.7 Å². The first kappa shape index (κ1) is 14.0. The molecule has 3 rings (SSSR count). The van der Waals surface area contributed by atoms with Gasteiger partial charge in [0.25, 0.3) is 11.7 Å². The lowest BCUT2D eigenvalue weighted by atomic mass is 10.1. The van der Waals surface area contributed by atoms with Crippen molar-refractivity contribution in [2.24, 2.45) is 0 Å². The van der Waals surface area contributed by atoms with Gasteiger partial charge in [0.1, 0.15) is 5.82 Å². The zero-order valence-corrected chi connectivity index (χ0v) is 11.8. The zero-order chi connectivity index (χ0) is 15.7. The summed E-state index contributed by atoms with van der Waals surface area (Å²) in [5.41, 5.74) is 1.79. The van der Waals surface area contributed by atoms with E-state index in [1.54, 1.807) is 31.2 Å². The van der Waals surface area contributed by atoms with Crippen molar-refractivity contribution in [3.8, 4) is 0 Å². The van der Waals surface area contributed by atoms with E-state index in [1.807, 2.05) is 12.1 Å². The third-order valence-corrected chi connectivity index (χ3v) is 3.47. The lowest BCUT2D eigenvalue weighted by Gasteiger charge is -2.05. The molecular weight excluding hydrogens is 283 g/mol. The molecular formula is C17H13FN2O2. The molecule has 0 bridgehead atoms. The molecule has 2 aromatic carbocycles. The van der Waals surface area contributed by atoms with Crippen LogP contribution in [0.15, 0.2) is 48.7 Å². The largest absolute Gasteiger partial charge is 0.360 e. The Bertz CT molecular complexity index is 883. The molecule has 0 saturated heterocycles. The van der Waals surface area contributed by atoms with Crippen molar-refractivity contribution in [2.75, 3.05) is 5.32 Å². The Morgan fingerprint density at radius 1 is 1.14 bits per heavy atom. The molecule has 0 unspecified atom stereocenters. The van der Waals surface area contributed by atoms with Gasteiger partial charge in [-0.3, -0.25) is 9.59 Å². The van der Waals surface area contributed by atoms with Crippen LogP contribution >= 0.6 is 0 Å². The van der Waals surface area contributed by atoms with Crippen LogP contribution < -0.4 is 5.32 Å². The third-order valence-electron chi connectivity index (χ3n) is 3.47. The van der Waals surface area contributed by atoms with Crippen LogP contribution in [0.25, 0.3) is 10.9 Å². The number of aromatic amines is 1. The lowest BCUT2D eigenvalue weighted by Crippen LogP contribution is -2.22. The van der Waals surface area contributed by atoms with E-state index in [-0.39, 0.29) is 5.69 Å². The fourth-order valence-corrected chi connectivity index (χ4v) is 2.24. The lowest BCUT2D eigenvalue weighted by molar-refractivity contribution is -0.112. The maximum Gasteiger partial charge on any atom is 0.296 e. The minimum atomic E-state index is -0.798. The molecule has 5 heteroatoms. The first-order valence-electron chi connectivity index (χ1n) is 6.74. The average Bonchev–Trinajstić information content (AvgIpc) is 2.94. The van der Waals surface area contributed by atoms with Crippen molar-refractivity contribution in [2.45, 2.75) is 6.92 Å². The van der Waals surface area contributed by atoms with Crippen molar-refractivity contribution in [1.29, 1.82) is 0 Å². The van der Waals surface area contributed by atoms with Gasteiger partial charge in [0.2, 0.25) is 0 Å². The Morgan fingerprint density at radius 3 is 2.68 bits per heavy atom. The summed E-state index contributed by atoms with van der Waals surface area (Å²) >= 11 is 0. The molecule has 0 fully saturated rings. The van der Waals surface area contributed by atoms with Gasteiger partial charge in [-0.2, -0.15) is 0 Å². The fraction of sp³-hybridized carbons (Fsp3) is 0.0588. The molecule has 2 N–H and O–H groups in total. The van der Waals surface area contributed by atoms with E-state index in [0.29, 0.717) is 16.5 Å². The number of benzene rings is 2. The number of anilines is 1. The molecule has 0 spiro atoms. The number of ketones is 1. The highest BCUT2D eigenvalue weighted by Gasteiger charge is 2.20. The van der Waals surface area contributed by atoms with Gasteiger partial charge in [-0.05, 0) is 30.7 Å². The second-order valence-electron chi connectivity index (χ2n) is 5.00. The molecule has 22 heavy (non-hydrogen) atoms. The van der Waals surface area contributed by atoms with Crippen LogP contribution in [0.4, 0.5) is 10.1 Å². The number of carbonyl (C=O) groups is 2. The van der Waals surface area contributed by atoms with Gasteiger partial charge in [0, 0.05) is 22.8 Å². The van der Waals surface area contributed by atoms with Gasteiger partial charge in [0.05, 0.1) is 5.56 Å². The average molecular weight is 296 g/mol. The maximum absolute atomic E-state index is 13.5. The number of fused-ring (bicyclic) bond motifs is 1. The highest BCUT2D eigenvalue weighted by molar-refractivity contribution is 6.48. The number of rotatable bonds is 3. The van der Waals surface area contributed by atoms with Gasteiger partial charge in [-0.25, -0.2) is 4.39 Å². The number of hydrogen-bond donors (Lipinski definition) is 2. The molecule has 3 aromatic rings. The molecule has 0 aliphatic heterocycles. The Balaban J connectivity index is 1.85. The van der Waals surface area contributed by atoms with E-state index >= 15 is 0 Å². The minimum Gasteiger partial charge on any atom is -0.360 e. The number of amides is 1. The van der Waals surface area contributed by atoms with Gasteiger partial charge < -0.3 is 10.3 Å². The summed E-state index contributed by atoms with van der Waals surface area (Å²) in [6.45, 7) is 1.62. The van der Waals surface area contributed by atoms with E-state index in [4.69, 9.17) is 0 Å². The van der Waals surface area contributed by atoms with Gasteiger partial charge in [-0.15, -0.1) is 0 Å². The van der Waals surface area contributed by atoms with Crippen LogP contribution in [0.3, 0.4) is 0 Å². The Morgan fingerprint density at radius 2 is 1.91 bits per heavy atom. The van der Waals surface area contributed by atoms with Crippen molar-refractivity contribution >= 4 is 28.3 Å². The summed E-state index contributed by atoms with van der Waals surface area (Å²) in [5.74, 6) is -1.90. The molecule has 1 aromatic heterocycles. The number of Topliss-reactive ketones (excluding diaryl/α,β-unsaturated/α-hetero) is 1. The normalized spacial score (nSPS) is 10.6. The highest BCUT2D eigenvalue weighted by Crippen LogP contribution is 2.19. The number of para-hydroxylation sites is 1. The molecule has 4 nitrogen and oxygen atoms in total. The van der Waals surface area contributed by atoms with E-state index < -0.39 is 17.5 Å². The SMILES string of the molecule is Cc1ccc(NC(=O)C(=O)c2c[nH]c3ccccc23)cc1F. The number of H-pyrrole nitrogens is 1. The van der Waals surface area contributed by atoms with Crippen molar-refractivity contribution < 1.29 is 14.0 Å². The second kappa shape index (κ2) is 5.44. The maximum atomic E-state index is 13.5. The minimum absolute atomic E-state index is 0.251. The van der Waals surface area contributed by atoms with Crippen molar-refractivity contribution in [1.82, 2.24) is 4.98 Å². The molecule has 0 radical (unpaired) electrons. The highest BCUT2D eigenvalue weighted by atomic mass is 19.1. The molecule has 0 aliphatic carbocycles. The first-order chi connectivity index (χ1) is 10.6. The molecule has 0 saturated carbocycles. The van der Waals surface area contributed by atoms with Crippen LogP contribution in [-0.4, -0.2) is 16.7 Å². The predicted octanol–water partition coefficient (Wildman–Crippen LogP) is 3.44. The van der Waals surface area contributed by atoms with Crippen LogP contribution in [0.2, 0.25) is 0 Å². The van der Waals surface area contributed by atoms with Gasteiger partial charge in [0.15, 0.2) is 0 Å². The number of carbonyl (C=O) groups excluding carboxylic acids is 2. The van der Waals surface area contributed by atoms with Gasteiger partial charge in [-0.1, -0.05) is 24.3 Å². The quantitative estimate of drug-likeness (QED) is 0.574. The van der Waals surface area contributed by atoms with E-state index in [9.17, 15) is 14.0 Å². The fourth-order valence-electron chi connectivity index (χ4n) is 2.24. The number of halogens is 1. The van der Waals surface area contributed by atoms with E-state index in [0.717, 1.165) is 5.52 Å². The Kier molecular flexibility index (Phi) is 3.47. The summed E-state index contributed by atoms with van der Waals surface area (Å²) < 4.78 is 13.5. The molecule has 1 amide bonds. The standard InChI is InChI=1S/C17H13FN2O2/c1-10-6-7-11(8-14(10)18)20-17(22)16(21)13-9-19-15-5-3-2-4-12(13)15/h2-9,19H,1H3,(H,20,22). The van der Waals surface area contributed by atoms with E-state index in [1.165, 1.54) is 12.3 Å². The summed E-state index contributed by atoms with van der Waals surface area (Å²) in [6.07, 6.45) is 1.50.